The van der Waals surface area contributed by atoms with Crippen molar-refractivity contribution >= 4 is 0 Å². The van der Waals surface area contributed by atoms with E-state index in [0.717, 1.165) is 12.6 Å². The molecule has 88 valence electrons. The first-order chi connectivity index (χ1) is 7.56. The van der Waals surface area contributed by atoms with Gasteiger partial charge in [-0.3, -0.25) is 0 Å². The quantitative estimate of drug-likeness (QED) is 0.717. The summed E-state index contributed by atoms with van der Waals surface area (Å²) in [6.07, 6.45) is 2.43. The van der Waals surface area contributed by atoms with E-state index in [1.54, 1.807) is 0 Å². The van der Waals surface area contributed by atoms with Gasteiger partial charge in [-0.15, -0.1) is 0 Å². The first-order valence-electron chi connectivity index (χ1n) is 5.38. The number of benzene rings is 1. The molecule has 1 aromatic carbocycles. The lowest BCUT2D eigenvalue weighted by Gasteiger charge is -2.16. The van der Waals surface area contributed by atoms with Crippen molar-refractivity contribution in [3.05, 3.63) is 35.1 Å². The maximum absolute atomic E-state index is 13.3. The van der Waals surface area contributed by atoms with Gasteiger partial charge in [0.2, 0.25) is 0 Å². The molecular formula is C12H14F3N. The minimum absolute atomic E-state index is 0.210. The van der Waals surface area contributed by atoms with Crippen LogP contribution in [0.4, 0.5) is 13.2 Å². The van der Waals surface area contributed by atoms with Crippen LogP contribution in [0.25, 0.3) is 0 Å². The molecule has 16 heavy (non-hydrogen) atoms. The van der Waals surface area contributed by atoms with Crippen molar-refractivity contribution < 1.29 is 13.2 Å². The molecule has 1 aliphatic carbocycles. The third kappa shape index (κ3) is 2.76. The highest BCUT2D eigenvalue weighted by Gasteiger charge is 2.23. The maximum atomic E-state index is 13.3. The Bertz CT molecular complexity index is 388. The van der Waals surface area contributed by atoms with E-state index in [1.165, 1.54) is 12.8 Å². The van der Waals surface area contributed by atoms with Gasteiger partial charge in [-0.2, -0.15) is 0 Å². The van der Waals surface area contributed by atoms with Crippen molar-refractivity contribution in [1.29, 1.82) is 0 Å². The van der Waals surface area contributed by atoms with Crippen LogP contribution in [0.2, 0.25) is 0 Å². The summed E-state index contributed by atoms with van der Waals surface area (Å²) in [5, 5.41) is 0. The minimum atomic E-state index is -1.13. The van der Waals surface area contributed by atoms with Crippen LogP contribution in [0.3, 0.4) is 0 Å². The van der Waals surface area contributed by atoms with Crippen LogP contribution < -0.4 is 0 Å². The molecule has 0 radical (unpaired) electrons. The van der Waals surface area contributed by atoms with Gasteiger partial charge in [-0.25, -0.2) is 13.2 Å². The highest BCUT2D eigenvalue weighted by Crippen LogP contribution is 2.29. The lowest BCUT2D eigenvalue weighted by molar-refractivity contribution is 0.306. The molecule has 4 heteroatoms. The lowest BCUT2D eigenvalue weighted by Crippen LogP contribution is -2.21. The summed E-state index contributed by atoms with van der Waals surface area (Å²) in [6, 6.07) is 1.55. The Hall–Kier alpha value is -1.03. The van der Waals surface area contributed by atoms with E-state index in [9.17, 15) is 13.2 Å². The number of hydrogen-bond donors (Lipinski definition) is 0. The largest absolute Gasteiger partial charge is 0.302 e. The molecular weight excluding hydrogens is 215 g/mol. The average Bonchev–Trinajstić information content (AvgIpc) is 2.98. The monoisotopic (exact) mass is 229 g/mol. The molecule has 0 N–H and O–H groups in total. The van der Waals surface area contributed by atoms with Crippen molar-refractivity contribution in [2.75, 3.05) is 13.6 Å². The molecule has 0 heterocycles. The molecule has 0 unspecified atom stereocenters. The van der Waals surface area contributed by atoms with Crippen LogP contribution in [0, 0.1) is 23.4 Å². The van der Waals surface area contributed by atoms with Gasteiger partial charge in [0.05, 0.1) is 0 Å². The molecule has 0 atom stereocenters. The molecule has 0 bridgehead atoms. The fraction of sp³-hybridized carbons (Fsp3) is 0.500. The lowest BCUT2D eigenvalue weighted by atomic mass is 10.2. The molecule has 0 spiro atoms. The Balaban J connectivity index is 2.04. The maximum Gasteiger partial charge on any atom is 0.161 e. The SMILES string of the molecule is CN(Cc1cc(F)c(F)cc1F)CC1CC1. The van der Waals surface area contributed by atoms with Crippen molar-refractivity contribution in [3.8, 4) is 0 Å². The molecule has 0 saturated heterocycles. The van der Waals surface area contributed by atoms with E-state index in [4.69, 9.17) is 0 Å². The summed E-state index contributed by atoms with van der Waals surface area (Å²) in [5.74, 6) is -2.11. The summed E-state index contributed by atoms with van der Waals surface area (Å²) >= 11 is 0. The Morgan fingerprint density at radius 1 is 1.12 bits per heavy atom. The highest BCUT2D eigenvalue weighted by atomic mass is 19.2. The minimum Gasteiger partial charge on any atom is -0.302 e. The second-order valence-electron chi connectivity index (χ2n) is 4.50. The number of nitrogens with zero attached hydrogens (tertiary/aromatic N) is 1. The normalized spacial score (nSPS) is 15.8. The van der Waals surface area contributed by atoms with Gasteiger partial charge in [0.15, 0.2) is 11.6 Å². The number of hydrogen-bond acceptors (Lipinski definition) is 1. The molecule has 1 fully saturated rings. The van der Waals surface area contributed by atoms with Crippen LogP contribution in [0.1, 0.15) is 18.4 Å². The highest BCUT2D eigenvalue weighted by molar-refractivity contribution is 5.20. The smallest absolute Gasteiger partial charge is 0.161 e. The first kappa shape index (κ1) is 11.5. The van der Waals surface area contributed by atoms with Crippen molar-refractivity contribution in [3.63, 3.8) is 0 Å². The van der Waals surface area contributed by atoms with Crippen molar-refractivity contribution in [2.45, 2.75) is 19.4 Å². The zero-order valence-electron chi connectivity index (χ0n) is 9.14. The van der Waals surface area contributed by atoms with Crippen LogP contribution in [-0.4, -0.2) is 18.5 Å². The topological polar surface area (TPSA) is 3.24 Å². The van der Waals surface area contributed by atoms with E-state index in [1.807, 2.05) is 11.9 Å². The van der Waals surface area contributed by atoms with Gasteiger partial charge >= 0.3 is 0 Å². The second kappa shape index (κ2) is 4.45. The summed E-state index contributed by atoms with van der Waals surface area (Å²) < 4.78 is 38.9. The summed E-state index contributed by atoms with van der Waals surface area (Å²) in [5.41, 5.74) is 0.210. The van der Waals surface area contributed by atoms with Gasteiger partial charge in [-0.1, -0.05) is 0 Å². The van der Waals surface area contributed by atoms with E-state index < -0.39 is 17.5 Å². The standard InChI is InChI=1S/C12H14F3N/c1-16(6-8-2-3-8)7-9-4-11(14)12(15)5-10(9)13/h4-5,8H,2-3,6-7H2,1H3. The summed E-state index contributed by atoms with van der Waals surface area (Å²) in [6.45, 7) is 1.21. The molecule has 1 aliphatic rings. The summed E-state index contributed by atoms with van der Waals surface area (Å²) in [4.78, 5) is 1.94. The molecule has 2 rings (SSSR count). The molecule has 1 aromatic rings. The molecule has 1 nitrogen and oxygen atoms in total. The van der Waals surface area contributed by atoms with Crippen LogP contribution in [-0.2, 0) is 6.54 Å². The Kier molecular flexibility index (Phi) is 3.19. The third-order valence-corrected chi connectivity index (χ3v) is 2.80. The fourth-order valence-electron chi connectivity index (χ4n) is 1.78. The van der Waals surface area contributed by atoms with Crippen LogP contribution in [0.15, 0.2) is 12.1 Å². The Morgan fingerprint density at radius 2 is 1.75 bits per heavy atom. The Labute approximate surface area is 92.9 Å². The van der Waals surface area contributed by atoms with Crippen LogP contribution >= 0.6 is 0 Å². The fourth-order valence-corrected chi connectivity index (χ4v) is 1.78. The molecule has 0 amide bonds. The van der Waals surface area contributed by atoms with E-state index in [2.05, 4.69) is 0 Å². The number of halogens is 3. The number of rotatable bonds is 4. The van der Waals surface area contributed by atoms with Gasteiger partial charge < -0.3 is 4.90 Å². The summed E-state index contributed by atoms with van der Waals surface area (Å²) in [7, 11) is 1.86. The second-order valence-corrected chi connectivity index (χ2v) is 4.50. The predicted molar refractivity (Wildman–Crippen MR) is 55.4 cm³/mol. The zero-order valence-corrected chi connectivity index (χ0v) is 9.14. The molecule has 0 aromatic heterocycles. The molecule has 0 aliphatic heterocycles. The van der Waals surface area contributed by atoms with Gasteiger partial charge in [-0.05, 0) is 31.9 Å². The van der Waals surface area contributed by atoms with Crippen molar-refractivity contribution in [1.82, 2.24) is 4.90 Å². The predicted octanol–water partition coefficient (Wildman–Crippen LogP) is 2.95. The average molecular weight is 229 g/mol. The molecule has 1 saturated carbocycles. The van der Waals surface area contributed by atoms with Gasteiger partial charge in [0, 0.05) is 24.7 Å². The van der Waals surface area contributed by atoms with E-state index in [0.29, 0.717) is 18.5 Å². The zero-order chi connectivity index (χ0) is 11.7. The van der Waals surface area contributed by atoms with Crippen molar-refractivity contribution in [2.24, 2.45) is 5.92 Å². The first-order valence-corrected chi connectivity index (χ1v) is 5.38. The van der Waals surface area contributed by atoms with Crippen LogP contribution in [0.5, 0.6) is 0 Å². The van der Waals surface area contributed by atoms with Gasteiger partial charge in [0.25, 0.3) is 0 Å². The van der Waals surface area contributed by atoms with E-state index in [-0.39, 0.29) is 5.56 Å². The Morgan fingerprint density at radius 3 is 2.38 bits per heavy atom. The van der Waals surface area contributed by atoms with Gasteiger partial charge in [0.1, 0.15) is 5.82 Å². The van der Waals surface area contributed by atoms with E-state index >= 15 is 0 Å². The third-order valence-electron chi connectivity index (χ3n) is 2.80.